The molecular formula is C23H18F2O7. The standard InChI is InChI=1S/C23H18F2O7/c24-23(25)31-14-6-4-13(5-7-14)19(26)11-30-21(27)12-29-15-8-9-17-16-2-1-3-18(16)22(28)32-20(17)10-15/h4-10,23H,1-3,11-12H2. The van der Waals surface area contributed by atoms with E-state index in [1.54, 1.807) is 12.1 Å². The predicted octanol–water partition coefficient (Wildman–Crippen LogP) is 3.69. The van der Waals surface area contributed by atoms with Crippen molar-refractivity contribution in [3.63, 3.8) is 0 Å². The van der Waals surface area contributed by atoms with E-state index >= 15 is 0 Å². The molecule has 0 N–H and O–H groups in total. The van der Waals surface area contributed by atoms with E-state index in [4.69, 9.17) is 13.9 Å². The van der Waals surface area contributed by atoms with Crippen LogP contribution in [-0.2, 0) is 22.4 Å². The maximum atomic E-state index is 12.2. The number of carbonyl (C=O) groups excluding carboxylic acids is 2. The van der Waals surface area contributed by atoms with E-state index in [9.17, 15) is 23.2 Å². The highest BCUT2D eigenvalue weighted by Crippen LogP contribution is 2.29. The maximum absolute atomic E-state index is 12.2. The van der Waals surface area contributed by atoms with Gasteiger partial charge in [0.15, 0.2) is 19.0 Å². The molecule has 0 saturated heterocycles. The number of ether oxygens (including phenoxy) is 3. The van der Waals surface area contributed by atoms with E-state index in [-0.39, 0.29) is 16.9 Å². The molecule has 0 spiro atoms. The van der Waals surface area contributed by atoms with Crippen molar-refractivity contribution in [1.29, 1.82) is 0 Å². The third kappa shape index (κ3) is 4.77. The van der Waals surface area contributed by atoms with Gasteiger partial charge in [0.1, 0.15) is 17.1 Å². The molecule has 0 saturated carbocycles. The van der Waals surface area contributed by atoms with Gasteiger partial charge in [0.25, 0.3) is 0 Å². The molecule has 1 aliphatic carbocycles. The first kappa shape index (κ1) is 21.5. The normalized spacial score (nSPS) is 12.6. The topological polar surface area (TPSA) is 92.0 Å². The summed E-state index contributed by atoms with van der Waals surface area (Å²) in [7, 11) is 0. The van der Waals surface area contributed by atoms with Crippen molar-refractivity contribution in [2.75, 3.05) is 13.2 Å². The van der Waals surface area contributed by atoms with Gasteiger partial charge in [-0.05, 0) is 61.2 Å². The molecule has 0 atom stereocenters. The van der Waals surface area contributed by atoms with Crippen LogP contribution in [-0.4, -0.2) is 31.6 Å². The maximum Gasteiger partial charge on any atom is 0.387 e. The molecule has 0 unspecified atom stereocenters. The number of hydrogen-bond donors (Lipinski definition) is 0. The summed E-state index contributed by atoms with van der Waals surface area (Å²) in [6, 6.07) is 10.0. The first-order chi connectivity index (χ1) is 15.4. The Bertz CT molecular complexity index is 1220. The fraction of sp³-hybridized carbons (Fsp3) is 0.261. The first-order valence-corrected chi connectivity index (χ1v) is 9.86. The van der Waals surface area contributed by atoms with Gasteiger partial charge in [-0.2, -0.15) is 8.78 Å². The molecule has 3 aromatic rings. The summed E-state index contributed by atoms with van der Waals surface area (Å²) < 4.78 is 44.2. The Morgan fingerprint density at radius 3 is 2.44 bits per heavy atom. The van der Waals surface area contributed by atoms with Gasteiger partial charge in [0, 0.05) is 22.6 Å². The third-order valence-electron chi connectivity index (χ3n) is 5.07. The Morgan fingerprint density at radius 1 is 0.969 bits per heavy atom. The fourth-order valence-corrected chi connectivity index (χ4v) is 3.59. The van der Waals surface area contributed by atoms with Crippen LogP contribution in [0.4, 0.5) is 8.78 Å². The van der Waals surface area contributed by atoms with Crippen molar-refractivity contribution in [2.24, 2.45) is 0 Å². The Labute approximate surface area is 180 Å². The minimum Gasteiger partial charge on any atom is -0.482 e. The molecule has 9 heteroatoms. The average molecular weight is 444 g/mol. The van der Waals surface area contributed by atoms with E-state index in [1.165, 1.54) is 30.3 Å². The summed E-state index contributed by atoms with van der Waals surface area (Å²) in [6.45, 7) is -3.94. The first-order valence-electron chi connectivity index (χ1n) is 9.86. The molecule has 2 aromatic carbocycles. The summed E-state index contributed by atoms with van der Waals surface area (Å²) in [6.07, 6.45) is 2.44. The molecule has 0 amide bonds. The second-order valence-corrected chi connectivity index (χ2v) is 7.13. The molecule has 7 nitrogen and oxygen atoms in total. The minimum atomic E-state index is -2.96. The van der Waals surface area contributed by atoms with Crippen molar-refractivity contribution in [3.8, 4) is 11.5 Å². The van der Waals surface area contributed by atoms with Gasteiger partial charge in [0.2, 0.25) is 0 Å². The van der Waals surface area contributed by atoms with Crippen molar-refractivity contribution in [1.82, 2.24) is 0 Å². The van der Waals surface area contributed by atoms with E-state index < -0.39 is 31.6 Å². The molecule has 0 bridgehead atoms. The largest absolute Gasteiger partial charge is 0.482 e. The number of rotatable bonds is 8. The third-order valence-corrected chi connectivity index (χ3v) is 5.07. The van der Waals surface area contributed by atoms with Crippen LogP contribution in [0.1, 0.15) is 27.9 Å². The van der Waals surface area contributed by atoms with Crippen LogP contribution >= 0.6 is 0 Å². The number of benzene rings is 2. The van der Waals surface area contributed by atoms with Crippen LogP contribution in [0.2, 0.25) is 0 Å². The van der Waals surface area contributed by atoms with Crippen LogP contribution in [0.5, 0.6) is 11.5 Å². The number of fused-ring (bicyclic) bond motifs is 3. The molecule has 166 valence electrons. The number of aryl methyl sites for hydroxylation is 1. The molecule has 1 aromatic heterocycles. The number of halogens is 2. The minimum absolute atomic E-state index is 0.0851. The van der Waals surface area contributed by atoms with Gasteiger partial charge < -0.3 is 18.6 Å². The number of esters is 1. The molecule has 0 fully saturated rings. The number of carbonyl (C=O) groups is 2. The van der Waals surface area contributed by atoms with Gasteiger partial charge in [-0.25, -0.2) is 9.59 Å². The van der Waals surface area contributed by atoms with Gasteiger partial charge in [0.05, 0.1) is 0 Å². The SMILES string of the molecule is O=C(COc1ccc2c3c(c(=O)oc2c1)CCC3)OCC(=O)c1ccc(OC(F)F)cc1. The van der Waals surface area contributed by atoms with E-state index in [2.05, 4.69) is 4.74 Å². The molecule has 0 aliphatic heterocycles. The Kier molecular flexibility index (Phi) is 6.16. The quantitative estimate of drug-likeness (QED) is 0.297. The summed E-state index contributed by atoms with van der Waals surface area (Å²) in [5.74, 6) is -1.05. The fourth-order valence-electron chi connectivity index (χ4n) is 3.59. The zero-order valence-corrected chi connectivity index (χ0v) is 16.8. The zero-order valence-electron chi connectivity index (χ0n) is 16.8. The average Bonchev–Trinajstić information content (AvgIpc) is 3.27. The summed E-state index contributed by atoms with van der Waals surface area (Å²) in [4.78, 5) is 36.1. The van der Waals surface area contributed by atoms with Crippen molar-refractivity contribution in [3.05, 3.63) is 69.6 Å². The zero-order chi connectivity index (χ0) is 22.7. The van der Waals surface area contributed by atoms with Crippen LogP contribution < -0.4 is 15.1 Å². The Balaban J connectivity index is 1.31. The molecule has 0 radical (unpaired) electrons. The van der Waals surface area contributed by atoms with Gasteiger partial charge in [-0.3, -0.25) is 4.79 Å². The predicted molar refractivity (Wildman–Crippen MR) is 108 cm³/mol. The number of hydrogen-bond acceptors (Lipinski definition) is 7. The molecule has 32 heavy (non-hydrogen) atoms. The molecule has 1 heterocycles. The Morgan fingerprint density at radius 2 is 1.69 bits per heavy atom. The van der Waals surface area contributed by atoms with E-state index in [1.807, 2.05) is 0 Å². The lowest BCUT2D eigenvalue weighted by Crippen LogP contribution is -2.19. The van der Waals surface area contributed by atoms with Crippen LogP contribution in [0, 0.1) is 0 Å². The van der Waals surface area contributed by atoms with Crippen molar-refractivity contribution in [2.45, 2.75) is 25.9 Å². The van der Waals surface area contributed by atoms with Gasteiger partial charge in [-0.1, -0.05) is 0 Å². The highest BCUT2D eigenvalue weighted by atomic mass is 19.3. The molecular weight excluding hydrogens is 426 g/mol. The van der Waals surface area contributed by atoms with Crippen molar-refractivity contribution >= 4 is 22.7 Å². The lowest BCUT2D eigenvalue weighted by Gasteiger charge is -2.09. The lowest BCUT2D eigenvalue weighted by atomic mass is 10.1. The highest BCUT2D eigenvalue weighted by Gasteiger charge is 2.20. The summed E-state index contributed by atoms with van der Waals surface area (Å²) in [5.41, 5.74) is 1.92. The van der Waals surface area contributed by atoms with Crippen LogP contribution in [0.25, 0.3) is 11.0 Å². The van der Waals surface area contributed by atoms with Crippen molar-refractivity contribution < 1.29 is 37.0 Å². The lowest BCUT2D eigenvalue weighted by molar-refractivity contribution is -0.144. The second-order valence-electron chi connectivity index (χ2n) is 7.13. The smallest absolute Gasteiger partial charge is 0.387 e. The molecule has 4 rings (SSSR count). The van der Waals surface area contributed by atoms with E-state index in [0.717, 1.165) is 29.4 Å². The summed E-state index contributed by atoms with van der Waals surface area (Å²) in [5, 5.41) is 0.850. The van der Waals surface area contributed by atoms with E-state index in [0.29, 0.717) is 17.8 Å². The van der Waals surface area contributed by atoms with Gasteiger partial charge >= 0.3 is 18.2 Å². The van der Waals surface area contributed by atoms with Crippen LogP contribution in [0.15, 0.2) is 51.7 Å². The Hall–Kier alpha value is -3.75. The number of alkyl halides is 2. The second kappa shape index (κ2) is 9.17. The van der Waals surface area contributed by atoms with Gasteiger partial charge in [-0.15, -0.1) is 0 Å². The number of ketones is 1. The molecule has 1 aliphatic rings. The van der Waals surface area contributed by atoms with Crippen LogP contribution in [0.3, 0.4) is 0 Å². The monoisotopic (exact) mass is 444 g/mol. The number of Topliss-reactive ketones (excluding diaryl/α,β-unsaturated/α-hetero) is 1. The summed E-state index contributed by atoms with van der Waals surface area (Å²) >= 11 is 0. The highest BCUT2D eigenvalue weighted by molar-refractivity contribution is 5.98.